The lowest BCUT2D eigenvalue weighted by Crippen LogP contribution is -2.11. The molecular formula is C21H18N6O3. The van der Waals surface area contributed by atoms with Crippen LogP contribution in [-0.4, -0.2) is 38.2 Å². The number of hydrogen-bond donors (Lipinski definition) is 1. The fourth-order valence-corrected chi connectivity index (χ4v) is 2.67. The molecule has 30 heavy (non-hydrogen) atoms. The number of anilines is 1. The van der Waals surface area contributed by atoms with Crippen LogP contribution in [0.25, 0.3) is 11.4 Å². The molecular weight excluding hydrogens is 384 g/mol. The Hall–Kier alpha value is -4.27. The van der Waals surface area contributed by atoms with Crippen LogP contribution in [0.4, 0.5) is 5.69 Å². The zero-order valence-electron chi connectivity index (χ0n) is 16.3. The summed E-state index contributed by atoms with van der Waals surface area (Å²) in [5.41, 5.74) is 1.83. The second-order valence-corrected chi connectivity index (χ2v) is 6.30. The highest BCUT2D eigenvalue weighted by Crippen LogP contribution is 2.24. The minimum Gasteiger partial charge on any atom is -0.497 e. The van der Waals surface area contributed by atoms with Crippen LogP contribution in [0.3, 0.4) is 0 Å². The second-order valence-electron chi connectivity index (χ2n) is 6.30. The Balaban J connectivity index is 1.39. The molecule has 0 fully saturated rings. The van der Waals surface area contributed by atoms with Crippen LogP contribution in [0, 0.1) is 0 Å². The van der Waals surface area contributed by atoms with Crippen molar-refractivity contribution >= 4 is 11.6 Å². The topological polar surface area (TPSA) is 104 Å². The molecule has 1 amide bonds. The van der Waals surface area contributed by atoms with Gasteiger partial charge in [-0.3, -0.25) is 4.79 Å². The molecule has 2 aromatic carbocycles. The maximum absolute atomic E-state index is 12.5. The molecule has 4 rings (SSSR count). The fourth-order valence-electron chi connectivity index (χ4n) is 2.67. The molecule has 9 heteroatoms. The van der Waals surface area contributed by atoms with Gasteiger partial charge in [-0.25, -0.2) is 4.98 Å². The Kier molecular flexibility index (Phi) is 5.33. The summed E-state index contributed by atoms with van der Waals surface area (Å²) in [5.74, 6) is 1.95. The summed E-state index contributed by atoms with van der Waals surface area (Å²) >= 11 is 0. The molecule has 0 radical (unpaired) electrons. The van der Waals surface area contributed by atoms with Gasteiger partial charge in [0.25, 0.3) is 5.91 Å². The molecule has 0 aliphatic heterocycles. The summed E-state index contributed by atoms with van der Waals surface area (Å²) in [6.07, 6.45) is 1.53. The molecule has 0 atom stereocenters. The molecule has 0 aliphatic carbocycles. The summed E-state index contributed by atoms with van der Waals surface area (Å²) in [6.45, 7) is 0. The van der Waals surface area contributed by atoms with Crippen LogP contribution < -0.4 is 14.8 Å². The quantitative estimate of drug-likeness (QED) is 0.527. The maximum atomic E-state index is 12.5. The molecule has 0 aliphatic rings. The molecule has 0 spiro atoms. The van der Waals surface area contributed by atoms with Crippen LogP contribution in [0.15, 0.2) is 66.9 Å². The summed E-state index contributed by atoms with van der Waals surface area (Å²) < 4.78 is 10.9. The van der Waals surface area contributed by atoms with Crippen LogP contribution in [0.1, 0.15) is 10.4 Å². The van der Waals surface area contributed by atoms with Gasteiger partial charge in [0.05, 0.1) is 26.0 Å². The lowest BCUT2D eigenvalue weighted by molar-refractivity contribution is 0.102. The first-order valence-corrected chi connectivity index (χ1v) is 9.04. The van der Waals surface area contributed by atoms with Crippen LogP contribution in [0.2, 0.25) is 0 Å². The van der Waals surface area contributed by atoms with Crippen molar-refractivity contribution in [3.63, 3.8) is 0 Å². The summed E-state index contributed by atoms with van der Waals surface area (Å²) in [7, 11) is 3.29. The molecule has 2 aromatic heterocycles. The number of carbonyl (C=O) groups is 1. The van der Waals surface area contributed by atoms with Gasteiger partial charge in [-0.05, 0) is 35.5 Å². The summed E-state index contributed by atoms with van der Waals surface area (Å²) in [6, 6.07) is 17.6. The maximum Gasteiger partial charge on any atom is 0.255 e. The predicted molar refractivity (Wildman–Crippen MR) is 109 cm³/mol. The lowest BCUT2D eigenvalue weighted by Gasteiger charge is -2.08. The van der Waals surface area contributed by atoms with Crippen molar-refractivity contribution in [3.8, 4) is 28.8 Å². The number of amides is 1. The van der Waals surface area contributed by atoms with Crippen LogP contribution in [0.5, 0.6) is 17.4 Å². The van der Waals surface area contributed by atoms with Gasteiger partial charge in [-0.2, -0.15) is 4.80 Å². The molecule has 1 N–H and O–H groups in total. The van der Waals surface area contributed by atoms with E-state index in [2.05, 4.69) is 25.7 Å². The first-order valence-electron chi connectivity index (χ1n) is 9.04. The minimum atomic E-state index is -0.253. The predicted octanol–water partition coefficient (Wildman–Crippen LogP) is 3.33. The van der Waals surface area contributed by atoms with E-state index < -0.39 is 0 Å². The van der Waals surface area contributed by atoms with Crippen molar-refractivity contribution < 1.29 is 14.3 Å². The third kappa shape index (κ3) is 4.41. The van der Waals surface area contributed by atoms with Crippen molar-refractivity contribution in [2.75, 3.05) is 12.4 Å². The number of nitrogens with one attached hydrogen (secondary N) is 1. The van der Waals surface area contributed by atoms with Gasteiger partial charge < -0.3 is 14.8 Å². The van der Waals surface area contributed by atoms with E-state index in [-0.39, 0.29) is 5.91 Å². The number of ether oxygens (including phenoxy) is 2. The van der Waals surface area contributed by atoms with E-state index in [0.29, 0.717) is 34.5 Å². The van der Waals surface area contributed by atoms with Crippen molar-refractivity contribution in [1.29, 1.82) is 0 Å². The molecule has 0 saturated carbocycles. The standard InChI is InChI=1S/C21H18N6O3/c1-27-25-20(24-26-27)14-6-8-15(9-7-14)21(28)23-16-10-11-19(22-13-16)30-18-5-3-4-17(12-18)29-2/h3-13H,1-2H3,(H,23,28). The number of rotatable bonds is 6. The molecule has 0 unspecified atom stereocenters. The van der Waals surface area contributed by atoms with Crippen molar-refractivity contribution in [2.45, 2.75) is 0 Å². The smallest absolute Gasteiger partial charge is 0.255 e. The number of tetrazole rings is 1. The number of aromatic nitrogens is 5. The molecule has 150 valence electrons. The molecule has 0 saturated heterocycles. The van der Waals surface area contributed by atoms with Crippen molar-refractivity contribution in [3.05, 3.63) is 72.4 Å². The molecule has 2 heterocycles. The average molecular weight is 402 g/mol. The largest absolute Gasteiger partial charge is 0.497 e. The average Bonchev–Trinajstić information content (AvgIpc) is 3.21. The fraction of sp³-hybridized carbons (Fsp3) is 0.0952. The Labute approximate surface area is 172 Å². The number of pyridine rings is 1. The molecule has 0 bridgehead atoms. The first kappa shape index (κ1) is 19.1. The second kappa shape index (κ2) is 8.39. The molecule has 9 nitrogen and oxygen atoms in total. The van der Waals surface area contributed by atoms with Crippen LogP contribution >= 0.6 is 0 Å². The number of hydrogen-bond acceptors (Lipinski definition) is 7. The zero-order valence-corrected chi connectivity index (χ0v) is 16.3. The van der Waals surface area contributed by atoms with Crippen LogP contribution in [-0.2, 0) is 7.05 Å². The van der Waals surface area contributed by atoms with E-state index in [1.54, 1.807) is 62.7 Å². The number of carbonyl (C=O) groups excluding carboxylic acids is 1. The van der Waals surface area contributed by atoms with Gasteiger partial charge in [0.1, 0.15) is 11.5 Å². The third-order valence-corrected chi connectivity index (χ3v) is 4.17. The monoisotopic (exact) mass is 402 g/mol. The van der Waals surface area contributed by atoms with Gasteiger partial charge >= 0.3 is 0 Å². The van der Waals surface area contributed by atoms with Gasteiger partial charge in [-0.1, -0.05) is 18.2 Å². The number of benzene rings is 2. The van der Waals surface area contributed by atoms with Crippen molar-refractivity contribution in [1.82, 2.24) is 25.2 Å². The van der Waals surface area contributed by atoms with E-state index in [4.69, 9.17) is 9.47 Å². The lowest BCUT2D eigenvalue weighted by atomic mass is 10.1. The Morgan fingerprint density at radius 3 is 2.50 bits per heavy atom. The summed E-state index contributed by atoms with van der Waals surface area (Å²) in [5, 5.41) is 14.7. The zero-order chi connectivity index (χ0) is 20.9. The Morgan fingerprint density at radius 2 is 1.83 bits per heavy atom. The summed E-state index contributed by atoms with van der Waals surface area (Å²) in [4.78, 5) is 18.1. The Bertz CT molecular complexity index is 1160. The highest BCUT2D eigenvalue weighted by atomic mass is 16.5. The minimum absolute atomic E-state index is 0.253. The molecule has 4 aromatic rings. The first-order chi connectivity index (χ1) is 14.6. The third-order valence-electron chi connectivity index (χ3n) is 4.17. The van der Waals surface area contributed by atoms with E-state index in [1.807, 2.05) is 12.1 Å². The number of nitrogens with zero attached hydrogens (tertiary/aromatic N) is 5. The van der Waals surface area contributed by atoms with E-state index in [1.165, 1.54) is 11.0 Å². The number of aryl methyl sites for hydroxylation is 1. The van der Waals surface area contributed by atoms with Gasteiger partial charge in [-0.15, -0.1) is 10.2 Å². The Morgan fingerprint density at radius 1 is 1.03 bits per heavy atom. The van der Waals surface area contributed by atoms with Gasteiger partial charge in [0, 0.05) is 23.3 Å². The van der Waals surface area contributed by atoms with Gasteiger partial charge in [0.15, 0.2) is 0 Å². The highest BCUT2D eigenvalue weighted by molar-refractivity contribution is 6.04. The number of methoxy groups -OCH3 is 1. The van der Waals surface area contributed by atoms with E-state index in [9.17, 15) is 4.79 Å². The van der Waals surface area contributed by atoms with E-state index >= 15 is 0 Å². The van der Waals surface area contributed by atoms with Gasteiger partial charge in [0.2, 0.25) is 11.7 Å². The highest BCUT2D eigenvalue weighted by Gasteiger charge is 2.09. The van der Waals surface area contributed by atoms with Crippen molar-refractivity contribution in [2.24, 2.45) is 7.05 Å². The normalized spacial score (nSPS) is 10.5. The van der Waals surface area contributed by atoms with E-state index in [0.717, 1.165) is 5.56 Å². The SMILES string of the molecule is COc1cccc(Oc2ccc(NC(=O)c3ccc(-c4nnn(C)n4)cc3)cn2)c1.